The molecule has 10 nitrogen and oxygen atoms in total. The van der Waals surface area contributed by atoms with Crippen LogP contribution in [0.25, 0.3) is 0 Å². The van der Waals surface area contributed by atoms with Crippen LogP contribution in [0.2, 0.25) is 0 Å². The van der Waals surface area contributed by atoms with Crippen LogP contribution in [0.5, 0.6) is 11.5 Å². The molecule has 0 bridgehead atoms. The van der Waals surface area contributed by atoms with Crippen LogP contribution >= 0.6 is 0 Å². The minimum Gasteiger partial charge on any atom is -0.493 e. The molecule has 0 fully saturated rings. The van der Waals surface area contributed by atoms with Gasteiger partial charge in [0, 0.05) is 19.2 Å². The maximum absolute atomic E-state index is 13.3. The molecule has 0 saturated heterocycles. The lowest BCUT2D eigenvalue weighted by atomic mass is 10.1. The highest BCUT2D eigenvalue weighted by atomic mass is 32.2. The number of carbonyl (C=O) groups is 3. The van der Waals surface area contributed by atoms with Crippen LogP contribution in [0.3, 0.4) is 0 Å². The van der Waals surface area contributed by atoms with Gasteiger partial charge in [0.2, 0.25) is 5.91 Å². The van der Waals surface area contributed by atoms with Gasteiger partial charge in [-0.25, -0.2) is 8.42 Å². The summed E-state index contributed by atoms with van der Waals surface area (Å²) in [7, 11) is 1.40. The molecule has 1 aliphatic heterocycles. The van der Waals surface area contributed by atoms with E-state index in [0.29, 0.717) is 30.2 Å². The van der Waals surface area contributed by atoms with Crippen molar-refractivity contribution in [2.45, 2.75) is 18.6 Å². The molecule has 1 atom stereocenters. The van der Waals surface area contributed by atoms with Gasteiger partial charge in [-0.15, -0.1) is 0 Å². The quantitative estimate of drug-likeness (QED) is 0.451. The van der Waals surface area contributed by atoms with Crippen molar-refractivity contribution in [1.82, 2.24) is 9.80 Å². The first kappa shape index (κ1) is 27.2. The summed E-state index contributed by atoms with van der Waals surface area (Å²) < 4.78 is 36.4. The van der Waals surface area contributed by atoms with E-state index < -0.39 is 33.4 Å². The normalized spacial score (nSPS) is 14.1. The highest BCUT2D eigenvalue weighted by Crippen LogP contribution is 2.36. The van der Waals surface area contributed by atoms with E-state index in [-0.39, 0.29) is 29.1 Å². The van der Waals surface area contributed by atoms with E-state index in [1.165, 1.54) is 13.2 Å². The number of ether oxygens (including phenoxy) is 2. The summed E-state index contributed by atoms with van der Waals surface area (Å²) >= 11 is 0. The van der Waals surface area contributed by atoms with Crippen LogP contribution in [-0.4, -0.2) is 83.1 Å². The molecule has 0 aromatic heterocycles. The molecule has 0 radical (unpaired) electrons. The second-order valence-electron chi connectivity index (χ2n) is 8.71. The number of sulfone groups is 1. The Kier molecular flexibility index (Phi) is 8.36. The zero-order valence-electron chi connectivity index (χ0n) is 21.0. The van der Waals surface area contributed by atoms with Crippen molar-refractivity contribution < 1.29 is 32.3 Å². The lowest BCUT2D eigenvalue weighted by Gasteiger charge is -2.22. The van der Waals surface area contributed by atoms with Gasteiger partial charge in [0.05, 0.1) is 37.1 Å². The van der Waals surface area contributed by atoms with Gasteiger partial charge in [-0.05, 0) is 50.8 Å². The topological polar surface area (TPSA) is 122 Å². The van der Waals surface area contributed by atoms with E-state index >= 15 is 0 Å². The first-order valence-electron chi connectivity index (χ1n) is 11.4. The first-order chi connectivity index (χ1) is 17.0. The Hall–Kier alpha value is -3.44. The van der Waals surface area contributed by atoms with Crippen molar-refractivity contribution in [2.24, 2.45) is 0 Å². The Morgan fingerprint density at radius 3 is 2.44 bits per heavy atom. The highest BCUT2D eigenvalue weighted by molar-refractivity contribution is 7.91. The van der Waals surface area contributed by atoms with Gasteiger partial charge in [-0.2, -0.15) is 0 Å². The molecule has 36 heavy (non-hydrogen) atoms. The summed E-state index contributed by atoms with van der Waals surface area (Å²) in [5.41, 5.74) is 0.742. The van der Waals surface area contributed by atoms with Gasteiger partial charge in [0.15, 0.2) is 21.3 Å². The number of amides is 3. The maximum Gasteiger partial charge on any atom is 0.263 e. The molecule has 1 N–H and O–H groups in total. The van der Waals surface area contributed by atoms with Crippen molar-refractivity contribution in [1.29, 1.82) is 0 Å². The van der Waals surface area contributed by atoms with E-state index in [2.05, 4.69) is 5.32 Å². The predicted octanol–water partition coefficient (Wildman–Crippen LogP) is 2.37. The minimum absolute atomic E-state index is 0.0534. The van der Waals surface area contributed by atoms with E-state index in [9.17, 15) is 22.8 Å². The SMILES string of the molecule is CCOc1cc(C(CN2C(=O)c3cccc(NC(=O)CCN(C)C)c3C2=O)S(C)(=O)=O)ccc1OC. The third-order valence-corrected chi connectivity index (χ3v) is 7.24. The fourth-order valence-corrected chi connectivity index (χ4v) is 5.02. The molecule has 0 spiro atoms. The molecule has 11 heteroatoms. The van der Waals surface area contributed by atoms with E-state index in [0.717, 1.165) is 11.2 Å². The number of fused-ring (bicyclic) bond motifs is 1. The molecule has 1 aliphatic rings. The Labute approximate surface area is 211 Å². The molecular formula is C25H31N3O7S. The van der Waals surface area contributed by atoms with Crippen LogP contribution < -0.4 is 14.8 Å². The summed E-state index contributed by atoms with van der Waals surface area (Å²) in [5, 5.41) is 1.51. The number of imide groups is 1. The van der Waals surface area contributed by atoms with Crippen LogP contribution in [-0.2, 0) is 14.6 Å². The number of nitrogens with one attached hydrogen (secondary N) is 1. The lowest BCUT2D eigenvalue weighted by Crippen LogP contribution is -2.36. The second kappa shape index (κ2) is 11.1. The number of hydrogen-bond donors (Lipinski definition) is 1. The number of anilines is 1. The number of methoxy groups -OCH3 is 1. The first-order valence-corrected chi connectivity index (χ1v) is 13.4. The van der Waals surface area contributed by atoms with Gasteiger partial charge >= 0.3 is 0 Å². The molecule has 1 heterocycles. The summed E-state index contributed by atoms with van der Waals surface area (Å²) in [4.78, 5) is 41.7. The summed E-state index contributed by atoms with van der Waals surface area (Å²) in [6.07, 6.45) is 1.26. The Bertz CT molecular complexity index is 1270. The summed E-state index contributed by atoms with van der Waals surface area (Å²) in [5.74, 6) is -0.789. The van der Waals surface area contributed by atoms with Gasteiger partial charge in [-0.1, -0.05) is 12.1 Å². The van der Waals surface area contributed by atoms with Gasteiger partial charge in [0.1, 0.15) is 5.25 Å². The maximum atomic E-state index is 13.3. The lowest BCUT2D eigenvalue weighted by molar-refractivity contribution is -0.116. The molecule has 2 aromatic rings. The smallest absolute Gasteiger partial charge is 0.263 e. The zero-order chi connectivity index (χ0) is 26.6. The van der Waals surface area contributed by atoms with Crippen LogP contribution in [0.4, 0.5) is 5.69 Å². The molecule has 1 unspecified atom stereocenters. The van der Waals surface area contributed by atoms with E-state index in [4.69, 9.17) is 9.47 Å². The Balaban J connectivity index is 1.93. The predicted molar refractivity (Wildman–Crippen MR) is 135 cm³/mol. The van der Waals surface area contributed by atoms with Crippen molar-refractivity contribution in [3.8, 4) is 11.5 Å². The van der Waals surface area contributed by atoms with Crippen molar-refractivity contribution in [3.05, 3.63) is 53.1 Å². The number of rotatable bonds is 11. The third kappa shape index (κ3) is 5.85. The van der Waals surface area contributed by atoms with Crippen molar-refractivity contribution in [3.63, 3.8) is 0 Å². The molecular weight excluding hydrogens is 486 g/mol. The zero-order valence-corrected chi connectivity index (χ0v) is 21.8. The Morgan fingerprint density at radius 1 is 1.11 bits per heavy atom. The number of nitrogens with zero attached hydrogens (tertiary/aromatic N) is 2. The molecule has 3 rings (SSSR count). The summed E-state index contributed by atoms with van der Waals surface area (Å²) in [6.45, 7) is 2.25. The van der Waals surface area contributed by atoms with Crippen LogP contribution in [0.15, 0.2) is 36.4 Å². The highest BCUT2D eigenvalue weighted by Gasteiger charge is 2.41. The number of carbonyl (C=O) groups excluding carboxylic acids is 3. The van der Waals surface area contributed by atoms with E-state index in [1.54, 1.807) is 37.3 Å². The second-order valence-corrected chi connectivity index (χ2v) is 10.9. The van der Waals surface area contributed by atoms with Gasteiger partial charge in [-0.3, -0.25) is 19.3 Å². The molecule has 194 valence electrons. The van der Waals surface area contributed by atoms with Crippen molar-refractivity contribution >= 4 is 33.2 Å². The molecule has 2 aromatic carbocycles. The fourth-order valence-electron chi connectivity index (χ4n) is 3.96. The Morgan fingerprint density at radius 2 is 1.83 bits per heavy atom. The van der Waals surface area contributed by atoms with E-state index in [1.807, 2.05) is 19.0 Å². The standard InChI is InChI=1S/C25H31N3O7S/c1-6-35-20-14-16(10-11-19(20)34-4)21(36(5,32)33)15-28-24(30)17-8-7-9-18(23(17)25(28)31)26-22(29)12-13-27(2)3/h7-11,14,21H,6,12-13,15H2,1-5H3,(H,26,29). The fraction of sp³-hybridized carbons (Fsp3) is 0.400. The van der Waals surface area contributed by atoms with Crippen LogP contribution in [0, 0.1) is 0 Å². The van der Waals surface area contributed by atoms with Gasteiger partial charge < -0.3 is 19.7 Å². The number of benzene rings is 2. The van der Waals surface area contributed by atoms with Gasteiger partial charge in [0.25, 0.3) is 11.8 Å². The average Bonchev–Trinajstić information content (AvgIpc) is 3.06. The van der Waals surface area contributed by atoms with Crippen molar-refractivity contribution in [2.75, 3.05) is 52.5 Å². The average molecular weight is 518 g/mol. The molecule has 0 saturated carbocycles. The molecule has 3 amide bonds. The number of hydrogen-bond acceptors (Lipinski definition) is 8. The third-order valence-electron chi connectivity index (χ3n) is 5.78. The molecule has 0 aliphatic carbocycles. The summed E-state index contributed by atoms with van der Waals surface area (Å²) in [6, 6.07) is 9.31. The van der Waals surface area contributed by atoms with Crippen LogP contribution in [0.1, 0.15) is 44.9 Å². The minimum atomic E-state index is -3.75. The largest absolute Gasteiger partial charge is 0.493 e. The monoisotopic (exact) mass is 517 g/mol.